The molecule has 46 heavy (non-hydrogen) atoms. The van der Waals surface area contributed by atoms with Crippen molar-refractivity contribution in [3.63, 3.8) is 0 Å². The molecular formula is C34H29F2N7O3. The standard InChI is InChI=1S/C34H29F2N7O3/c35-23-8-13-30-40-29(19-41(30)18-23)32(44)39-25-9-11-26(12-10-25)43-33(45)28-15-24(36)17-38-31(28)42(34(43)46)27-3-1-2-22(14-27)21-6-4-20(16-37)5-7-21/h1-8,13-15,17-19,25-26H,9-12,16,37H2,(H,39,44). The first-order chi connectivity index (χ1) is 22.3. The minimum absolute atomic E-state index is 0.00369. The molecule has 7 rings (SSSR count). The van der Waals surface area contributed by atoms with Gasteiger partial charge in [0.2, 0.25) is 0 Å². The molecule has 3 N–H and O–H groups in total. The lowest BCUT2D eigenvalue weighted by molar-refractivity contribution is 0.0917. The molecule has 1 amide bonds. The number of nitrogens with two attached hydrogens (primary N) is 1. The maximum atomic E-state index is 14.4. The number of pyridine rings is 2. The zero-order valence-electron chi connectivity index (χ0n) is 24.6. The Bertz CT molecular complexity index is 2230. The number of halogens is 2. The topological polar surface area (TPSA) is 129 Å². The molecule has 1 aliphatic rings. The lowest BCUT2D eigenvalue weighted by Gasteiger charge is -2.30. The van der Waals surface area contributed by atoms with Gasteiger partial charge in [0.25, 0.3) is 11.5 Å². The van der Waals surface area contributed by atoms with E-state index in [4.69, 9.17) is 5.73 Å². The number of hydrogen-bond acceptors (Lipinski definition) is 6. The molecule has 0 aliphatic heterocycles. The molecule has 12 heteroatoms. The van der Waals surface area contributed by atoms with Gasteiger partial charge in [-0.2, -0.15) is 0 Å². The van der Waals surface area contributed by atoms with Crippen molar-refractivity contribution in [2.24, 2.45) is 5.73 Å². The summed E-state index contributed by atoms with van der Waals surface area (Å²) in [5.74, 6) is -1.52. The van der Waals surface area contributed by atoms with Crippen LogP contribution < -0.4 is 22.3 Å². The van der Waals surface area contributed by atoms with E-state index in [1.165, 1.54) is 38.1 Å². The highest BCUT2D eigenvalue weighted by molar-refractivity contribution is 5.93. The van der Waals surface area contributed by atoms with Crippen LogP contribution in [0.1, 0.15) is 47.8 Å². The van der Waals surface area contributed by atoms with Crippen LogP contribution in [-0.4, -0.2) is 35.5 Å². The van der Waals surface area contributed by atoms with Gasteiger partial charge in [0.05, 0.1) is 17.3 Å². The molecule has 10 nitrogen and oxygen atoms in total. The lowest BCUT2D eigenvalue weighted by Crippen LogP contribution is -2.45. The number of nitrogens with one attached hydrogen (secondary N) is 1. The van der Waals surface area contributed by atoms with Gasteiger partial charge in [-0.1, -0.05) is 36.4 Å². The number of carbonyl (C=O) groups is 1. The molecule has 4 aromatic heterocycles. The number of imidazole rings is 1. The number of rotatable bonds is 6. The number of nitrogens with zero attached hydrogens (tertiary/aromatic N) is 5. The van der Waals surface area contributed by atoms with E-state index in [1.807, 2.05) is 42.5 Å². The number of hydrogen-bond donors (Lipinski definition) is 2. The molecule has 1 aliphatic carbocycles. The first kappa shape index (κ1) is 29.2. The van der Waals surface area contributed by atoms with Crippen molar-refractivity contribution in [1.29, 1.82) is 0 Å². The van der Waals surface area contributed by atoms with Crippen LogP contribution in [0, 0.1) is 11.6 Å². The molecule has 1 saturated carbocycles. The number of benzene rings is 2. The van der Waals surface area contributed by atoms with Crippen molar-refractivity contribution in [2.75, 3.05) is 0 Å². The highest BCUT2D eigenvalue weighted by atomic mass is 19.1. The van der Waals surface area contributed by atoms with Crippen LogP contribution in [0.15, 0.2) is 94.9 Å². The fourth-order valence-corrected chi connectivity index (χ4v) is 6.21. The Morgan fingerprint density at radius 3 is 2.46 bits per heavy atom. The van der Waals surface area contributed by atoms with Gasteiger partial charge in [0, 0.05) is 31.0 Å². The van der Waals surface area contributed by atoms with Crippen molar-refractivity contribution in [3.8, 4) is 16.8 Å². The predicted molar refractivity (Wildman–Crippen MR) is 169 cm³/mol. The Morgan fingerprint density at radius 2 is 1.70 bits per heavy atom. The van der Waals surface area contributed by atoms with Gasteiger partial charge in [-0.15, -0.1) is 0 Å². The molecule has 0 bridgehead atoms. The molecule has 0 radical (unpaired) electrons. The molecule has 232 valence electrons. The zero-order chi connectivity index (χ0) is 31.9. The van der Waals surface area contributed by atoms with Gasteiger partial charge >= 0.3 is 5.69 Å². The minimum atomic E-state index is -0.684. The van der Waals surface area contributed by atoms with E-state index in [9.17, 15) is 23.2 Å². The summed E-state index contributed by atoms with van der Waals surface area (Å²) in [6.45, 7) is 0.421. The Labute approximate surface area is 260 Å². The van der Waals surface area contributed by atoms with E-state index in [0.29, 0.717) is 43.6 Å². The lowest BCUT2D eigenvalue weighted by atomic mass is 9.90. The van der Waals surface area contributed by atoms with Crippen molar-refractivity contribution in [1.82, 2.24) is 28.8 Å². The van der Waals surface area contributed by atoms with Gasteiger partial charge in [0.15, 0.2) is 5.65 Å². The maximum Gasteiger partial charge on any atom is 0.337 e. The summed E-state index contributed by atoms with van der Waals surface area (Å²) in [4.78, 5) is 49.2. The van der Waals surface area contributed by atoms with Crippen molar-refractivity contribution >= 4 is 22.6 Å². The second-order valence-corrected chi connectivity index (χ2v) is 11.5. The van der Waals surface area contributed by atoms with Crippen LogP contribution in [0.2, 0.25) is 0 Å². The van der Waals surface area contributed by atoms with E-state index >= 15 is 0 Å². The largest absolute Gasteiger partial charge is 0.348 e. The zero-order valence-corrected chi connectivity index (χ0v) is 24.6. The summed E-state index contributed by atoms with van der Waals surface area (Å²) in [6, 6.07) is 18.3. The quantitative estimate of drug-likeness (QED) is 0.282. The molecule has 0 saturated heterocycles. The molecule has 0 atom stereocenters. The molecular weight excluding hydrogens is 592 g/mol. The van der Waals surface area contributed by atoms with Crippen LogP contribution in [0.4, 0.5) is 8.78 Å². The van der Waals surface area contributed by atoms with Crippen LogP contribution in [0.25, 0.3) is 33.5 Å². The fourth-order valence-electron chi connectivity index (χ4n) is 6.21. The van der Waals surface area contributed by atoms with Crippen LogP contribution >= 0.6 is 0 Å². The number of amides is 1. The van der Waals surface area contributed by atoms with Crippen LogP contribution in [0.5, 0.6) is 0 Å². The Hall–Kier alpha value is -5.49. The maximum absolute atomic E-state index is 14.4. The summed E-state index contributed by atoms with van der Waals surface area (Å²) < 4.78 is 32.0. The van der Waals surface area contributed by atoms with Gasteiger partial charge in [-0.05, 0) is 72.7 Å². The minimum Gasteiger partial charge on any atom is -0.348 e. The van der Waals surface area contributed by atoms with Crippen molar-refractivity contribution in [3.05, 3.63) is 129 Å². The first-order valence-electron chi connectivity index (χ1n) is 15.0. The Morgan fingerprint density at radius 1 is 0.913 bits per heavy atom. The van der Waals surface area contributed by atoms with Gasteiger partial charge in [-0.3, -0.25) is 14.2 Å². The molecule has 0 unspecified atom stereocenters. The van der Waals surface area contributed by atoms with E-state index in [1.54, 1.807) is 6.07 Å². The SMILES string of the molecule is NCc1ccc(-c2cccc(-n3c(=O)n(C4CCC(NC(=O)c5cn6cc(F)ccc6n5)CC4)c(=O)c4cc(F)cnc43)c2)cc1. The predicted octanol–water partition coefficient (Wildman–Crippen LogP) is 4.51. The third-order valence-electron chi connectivity index (χ3n) is 8.56. The molecule has 4 heterocycles. The fraction of sp³-hybridized carbons (Fsp3) is 0.206. The van der Waals surface area contributed by atoms with Gasteiger partial charge in [0.1, 0.15) is 23.0 Å². The Kier molecular flexibility index (Phi) is 7.49. The van der Waals surface area contributed by atoms with E-state index in [0.717, 1.165) is 29.0 Å². The van der Waals surface area contributed by atoms with E-state index < -0.39 is 34.8 Å². The van der Waals surface area contributed by atoms with E-state index in [-0.39, 0.29) is 22.8 Å². The smallest absolute Gasteiger partial charge is 0.337 e. The summed E-state index contributed by atoms with van der Waals surface area (Å²) >= 11 is 0. The molecule has 2 aromatic carbocycles. The normalized spacial score (nSPS) is 16.6. The number of aromatic nitrogens is 5. The summed E-state index contributed by atoms with van der Waals surface area (Å²) in [5.41, 5.74) is 8.46. The average molecular weight is 622 g/mol. The molecule has 1 fully saturated rings. The van der Waals surface area contributed by atoms with Gasteiger partial charge in [-0.25, -0.2) is 28.1 Å². The van der Waals surface area contributed by atoms with Gasteiger partial charge < -0.3 is 15.5 Å². The van der Waals surface area contributed by atoms with Crippen LogP contribution in [0.3, 0.4) is 0 Å². The summed E-state index contributed by atoms with van der Waals surface area (Å²) in [6.07, 6.45) is 5.56. The Balaban J connectivity index is 1.19. The van der Waals surface area contributed by atoms with E-state index in [2.05, 4.69) is 15.3 Å². The summed E-state index contributed by atoms with van der Waals surface area (Å²) in [5, 5.41) is 2.97. The van der Waals surface area contributed by atoms with Crippen molar-refractivity contribution < 1.29 is 13.6 Å². The van der Waals surface area contributed by atoms with Crippen LogP contribution in [-0.2, 0) is 6.54 Å². The van der Waals surface area contributed by atoms with Crippen molar-refractivity contribution in [2.45, 2.75) is 44.3 Å². The molecule has 0 spiro atoms. The molecule has 6 aromatic rings. The second-order valence-electron chi connectivity index (χ2n) is 11.5. The average Bonchev–Trinajstić information content (AvgIpc) is 3.50. The third kappa shape index (κ3) is 5.36. The second kappa shape index (κ2) is 11.8. The number of carbonyl (C=O) groups excluding carboxylic acids is 1. The monoisotopic (exact) mass is 621 g/mol. The summed E-state index contributed by atoms with van der Waals surface area (Å²) in [7, 11) is 0. The number of fused-ring (bicyclic) bond motifs is 2. The third-order valence-corrected chi connectivity index (χ3v) is 8.56. The first-order valence-corrected chi connectivity index (χ1v) is 15.0. The highest BCUT2D eigenvalue weighted by Crippen LogP contribution is 2.28. The highest BCUT2D eigenvalue weighted by Gasteiger charge is 2.28.